The Balaban J connectivity index is 1.48. The number of esters is 1. The lowest BCUT2D eigenvalue weighted by molar-refractivity contribution is 0.0226. The van der Waals surface area contributed by atoms with Crippen molar-refractivity contribution < 1.29 is 14.3 Å². The zero-order valence-electron chi connectivity index (χ0n) is 23.6. The van der Waals surface area contributed by atoms with Crippen molar-refractivity contribution in [3.8, 4) is 11.5 Å². The first-order valence-electron chi connectivity index (χ1n) is 14.2. The van der Waals surface area contributed by atoms with Crippen LogP contribution >= 0.6 is 0 Å². The number of nitrogens with one attached hydrogen (secondary N) is 2. The summed E-state index contributed by atoms with van der Waals surface area (Å²) in [6.45, 7) is 8.79. The fourth-order valence-electron chi connectivity index (χ4n) is 6.32. The van der Waals surface area contributed by atoms with Crippen molar-refractivity contribution >= 4 is 17.3 Å². The second kappa shape index (κ2) is 10.4. The summed E-state index contributed by atoms with van der Waals surface area (Å²) in [5.41, 5.74) is 6.39. The second-order valence-corrected chi connectivity index (χ2v) is 11.2. The van der Waals surface area contributed by atoms with Crippen LogP contribution in [0.2, 0.25) is 0 Å². The first-order valence-corrected chi connectivity index (χ1v) is 14.2. The van der Waals surface area contributed by atoms with Crippen LogP contribution in [0.5, 0.6) is 11.5 Å². The van der Waals surface area contributed by atoms with Gasteiger partial charge in [-0.15, -0.1) is 0 Å². The Bertz CT molecular complexity index is 1580. The number of ether oxygens (including phenoxy) is 2. The Morgan fingerprint density at radius 1 is 0.825 bits per heavy atom. The maximum absolute atomic E-state index is 13.3. The van der Waals surface area contributed by atoms with Gasteiger partial charge in [-0.1, -0.05) is 86.8 Å². The van der Waals surface area contributed by atoms with Gasteiger partial charge in [0.15, 0.2) is 5.60 Å². The summed E-state index contributed by atoms with van der Waals surface area (Å²) in [5, 5.41) is 7.62. The van der Waals surface area contributed by atoms with Crippen molar-refractivity contribution in [2.75, 3.05) is 10.6 Å². The van der Waals surface area contributed by atoms with Gasteiger partial charge in [0.05, 0.1) is 17.3 Å². The van der Waals surface area contributed by atoms with Gasteiger partial charge < -0.3 is 20.1 Å². The molecule has 0 amide bonds. The average Bonchev–Trinajstić information content (AvgIpc) is 3.23. The maximum Gasteiger partial charge on any atom is 0.340 e. The zero-order chi connectivity index (χ0) is 27.9. The summed E-state index contributed by atoms with van der Waals surface area (Å²) in [6.07, 6.45) is 3.14. The van der Waals surface area contributed by atoms with Crippen molar-refractivity contribution in [2.45, 2.75) is 58.7 Å². The van der Waals surface area contributed by atoms with Crippen LogP contribution in [-0.2, 0) is 10.3 Å². The van der Waals surface area contributed by atoms with Crippen LogP contribution in [0.3, 0.4) is 0 Å². The molecule has 1 spiro atoms. The van der Waals surface area contributed by atoms with E-state index in [1.165, 1.54) is 11.1 Å². The minimum Gasteiger partial charge on any atom is -0.456 e. The third-order valence-electron chi connectivity index (χ3n) is 8.10. The summed E-state index contributed by atoms with van der Waals surface area (Å²) in [7, 11) is 0. The van der Waals surface area contributed by atoms with Crippen LogP contribution in [0, 0.1) is 19.8 Å². The van der Waals surface area contributed by atoms with E-state index < -0.39 is 5.60 Å². The highest BCUT2D eigenvalue weighted by Crippen LogP contribution is 2.58. The van der Waals surface area contributed by atoms with Gasteiger partial charge in [-0.2, -0.15) is 0 Å². The fourth-order valence-corrected chi connectivity index (χ4v) is 6.32. The maximum atomic E-state index is 13.3. The highest BCUT2D eigenvalue weighted by molar-refractivity contribution is 5.97. The first-order chi connectivity index (χ1) is 19.4. The van der Waals surface area contributed by atoms with Crippen LogP contribution < -0.4 is 15.4 Å². The Morgan fingerprint density at radius 3 is 2.35 bits per heavy atom. The third-order valence-corrected chi connectivity index (χ3v) is 8.10. The Kier molecular flexibility index (Phi) is 6.75. The fraction of sp³-hybridized carbons (Fsp3) is 0.286. The van der Waals surface area contributed by atoms with Gasteiger partial charge in [0.1, 0.15) is 11.5 Å². The predicted octanol–water partition coefficient (Wildman–Crippen LogP) is 8.55. The topological polar surface area (TPSA) is 59.6 Å². The summed E-state index contributed by atoms with van der Waals surface area (Å²) >= 11 is 0. The van der Waals surface area contributed by atoms with Crippen molar-refractivity contribution in [3.05, 3.63) is 118 Å². The number of hydrogen-bond donors (Lipinski definition) is 2. The van der Waals surface area contributed by atoms with E-state index in [0.29, 0.717) is 23.0 Å². The van der Waals surface area contributed by atoms with E-state index in [2.05, 4.69) is 62.6 Å². The molecule has 4 aromatic rings. The van der Waals surface area contributed by atoms with Gasteiger partial charge in [-0.3, -0.25) is 0 Å². The van der Waals surface area contributed by atoms with Gasteiger partial charge in [-0.05, 0) is 62.1 Å². The summed E-state index contributed by atoms with van der Waals surface area (Å²) in [6, 6.07) is 28.1. The Morgan fingerprint density at radius 2 is 1.55 bits per heavy atom. The number of carbonyl (C=O) groups is 1. The normalized spacial score (nSPS) is 18.1. The lowest BCUT2D eigenvalue weighted by atomic mass is 9.77. The highest BCUT2D eigenvalue weighted by Gasteiger charge is 2.54. The van der Waals surface area contributed by atoms with Crippen LogP contribution in [0.15, 0.2) is 84.9 Å². The van der Waals surface area contributed by atoms with Crippen molar-refractivity contribution in [1.82, 2.24) is 0 Å². The van der Waals surface area contributed by atoms with E-state index in [-0.39, 0.29) is 12.1 Å². The number of para-hydroxylation sites is 1. The molecule has 2 aliphatic rings. The largest absolute Gasteiger partial charge is 0.456 e. The molecule has 3 unspecified atom stereocenters. The lowest BCUT2D eigenvalue weighted by Gasteiger charge is -2.38. The molecule has 4 aromatic carbocycles. The molecule has 204 valence electrons. The first kappa shape index (κ1) is 26.0. The van der Waals surface area contributed by atoms with Gasteiger partial charge >= 0.3 is 5.97 Å². The molecule has 0 bridgehead atoms. The number of carbonyl (C=O) groups excluding carboxylic acids is 1. The highest BCUT2D eigenvalue weighted by atomic mass is 16.6. The van der Waals surface area contributed by atoms with Gasteiger partial charge in [0.25, 0.3) is 0 Å². The number of aryl methyl sites for hydroxylation is 2. The van der Waals surface area contributed by atoms with Crippen LogP contribution in [0.4, 0.5) is 11.4 Å². The monoisotopic (exact) mass is 532 g/mol. The number of hydrogen-bond acceptors (Lipinski definition) is 5. The smallest absolute Gasteiger partial charge is 0.340 e. The quantitative estimate of drug-likeness (QED) is 0.176. The van der Waals surface area contributed by atoms with E-state index in [9.17, 15) is 4.79 Å². The molecular formula is C35H36N2O3. The molecule has 2 aliphatic heterocycles. The van der Waals surface area contributed by atoms with Gasteiger partial charge in [0, 0.05) is 22.5 Å². The molecule has 0 saturated heterocycles. The number of anilines is 2. The molecule has 0 aliphatic carbocycles. The van der Waals surface area contributed by atoms with E-state index in [0.717, 1.165) is 47.3 Å². The molecule has 40 heavy (non-hydrogen) atoms. The molecule has 5 heteroatoms. The third kappa shape index (κ3) is 4.40. The van der Waals surface area contributed by atoms with Crippen LogP contribution in [0.25, 0.3) is 0 Å². The molecule has 0 aromatic heterocycles. The Hall–Kier alpha value is -4.25. The minimum absolute atomic E-state index is 0.0592. The summed E-state index contributed by atoms with van der Waals surface area (Å²) < 4.78 is 12.9. The Labute approximate surface area is 236 Å². The van der Waals surface area contributed by atoms with Crippen molar-refractivity contribution in [2.24, 2.45) is 5.92 Å². The van der Waals surface area contributed by atoms with Gasteiger partial charge in [0.2, 0.25) is 0 Å². The van der Waals surface area contributed by atoms with Gasteiger partial charge in [-0.25, -0.2) is 4.79 Å². The molecule has 6 rings (SSSR count). The van der Waals surface area contributed by atoms with E-state index in [1.807, 2.05) is 60.7 Å². The lowest BCUT2D eigenvalue weighted by Crippen LogP contribution is -2.36. The predicted molar refractivity (Wildman–Crippen MR) is 160 cm³/mol. The molecule has 2 heterocycles. The average molecular weight is 533 g/mol. The number of benzene rings is 4. The number of rotatable bonds is 8. The molecule has 3 atom stereocenters. The second-order valence-electron chi connectivity index (χ2n) is 11.2. The van der Waals surface area contributed by atoms with Crippen LogP contribution in [-0.4, -0.2) is 12.1 Å². The standard InChI is InChI=1S/C35H36N2O3/c1-5-11-22(2)21-32(36-28-19-18-23(3)20-24(28)4)37-29-15-10-17-31-33(29)35(27-14-8-9-16-30(27)39-31)26-13-7-6-12-25(26)34(38)40-35/h6-10,12-20,22,32,36-37H,5,11,21H2,1-4H3. The van der Waals surface area contributed by atoms with Crippen molar-refractivity contribution in [3.63, 3.8) is 0 Å². The molecule has 0 radical (unpaired) electrons. The SMILES string of the molecule is CCCC(C)CC(Nc1ccc(C)cc1C)Nc1cccc2c1C1(OC(=O)c3ccccc31)c1ccccc1O2. The molecular weight excluding hydrogens is 496 g/mol. The summed E-state index contributed by atoms with van der Waals surface area (Å²) in [5.74, 6) is 1.56. The minimum atomic E-state index is -1.11. The van der Waals surface area contributed by atoms with E-state index in [1.54, 1.807) is 0 Å². The van der Waals surface area contributed by atoms with Crippen LogP contribution in [0.1, 0.15) is 71.3 Å². The van der Waals surface area contributed by atoms with E-state index in [4.69, 9.17) is 9.47 Å². The molecule has 0 fully saturated rings. The number of fused-ring (bicyclic) bond motifs is 6. The molecule has 2 N–H and O–H groups in total. The molecule has 5 nitrogen and oxygen atoms in total. The van der Waals surface area contributed by atoms with E-state index >= 15 is 0 Å². The molecule has 0 saturated carbocycles. The van der Waals surface area contributed by atoms with Crippen molar-refractivity contribution in [1.29, 1.82) is 0 Å². The summed E-state index contributed by atoms with van der Waals surface area (Å²) in [4.78, 5) is 13.3. The zero-order valence-corrected chi connectivity index (χ0v) is 23.6.